The first-order valence-electron chi connectivity index (χ1n) is 10.7. The van der Waals surface area contributed by atoms with Crippen LogP contribution in [0.15, 0.2) is 48.9 Å². The highest BCUT2D eigenvalue weighted by atomic mass is 19.4. The summed E-state index contributed by atoms with van der Waals surface area (Å²) in [6.45, 7) is 2.59. The molecule has 2 aromatic heterocycles. The van der Waals surface area contributed by atoms with E-state index < -0.39 is 24.3 Å². The molecule has 1 saturated heterocycles. The lowest BCUT2D eigenvalue weighted by Crippen LogP contribution is -2.51. The van der Waals surface area contributed by atoms with E-state index >= 15 is 0 Å². The molecule has 15 heteroatoms. The van der Waals surface area contributed by atoms with Crippen LogP contribution in [0.2, 0.25) is 0 Å². The van der Waals surface area contributed by atoms with Gasteiger partial charge >= 0.3 is 24.3 Å². The zero-order chi connectivity index (χ0) is 27.6. The Morgan fingerprint density at radius 1 is 1.00 bits per heavy atom. The first-order chi connectivity index (χ1) is 17.3. The highest BCUT2D eigenvalue weighted by Gasteiger charge is 2.44. The number of pyridine rings is 2. The third-order valence-corrected chi connectivity index (χ3v) is 5.15. The number of hydrogen-bond acceptors (Lipinski definition) is 7. The Kier molecular flexibility index (Phi) is 10.6. The van der Waals surface area contributed by atoms with Gasteiger partial charge in [-0.1, -0.05) is 6.07 Å². The number of nitrogens with zero attached hydrogens (tertiary/aromatic N) is 3. The second-order valence-corrected chi connectivity index (χ2v) is 7.72. The smallest absolute Gasteiger partial charge is 0.486 e. The number of carbonyl (C=O) groups is 2. The number of carboxylic acid groups (broad SMARTS) is 2. The summed E-state index contributed by atoms with van der Waals surface area (Å²) in [5.74, 6) is -4.69. The summed E-state index contributed by atoms with van der Waals surface area (Å²) >= 11 is 0. The molecule has 0 bridgehead atoms. The standard InChI is InChI=1S/C18H21N3O2.2C2HF3O2/c1-2-9-20-14(4-1)13-21-10-11-22-18-16(21)6-7-17(18)23-15-5-3-8-19-12-15;2*3-2(4,5)1(6)7/h1-5,8-9,12,16-18H,6-7,10-11,13H2;2*(H,6,7)/t16-,17+,18+;;/m0../s1. The second-order valence-electron chi connectivity index (χ2n) is 7.72. The summed E-state index contributed by atoms with van der Waals surface area (Å²) < 4.78 is 75.6. The van der Waals surface area contributed by atoms with Gasteiger partial charge in [0.25, 0.3) is 0 Å². The molecular formula is C22H23F6N3O6. The molecular weight excluding hydrogens is 516 g/mol. The summed E-state index contributed by atoms with van der Waals surface area (Å²) in [7, 11) is 0. The van der Waals surface area contributed by atoms with Crippen LogP contribution < -0.4 is 4.74 Å². The minimum atomic E-state index is -5.08. The van der Waals surface area contributed by atoms with E-state index in [-0.39, 0.29) is 12.2 Å². The molecule has 9 nitrogen and oxygen atoms in total. The molecule has 2 aliphatic rings. The van der Waals surface area contributed by atoms with E-state index in [1.807, 2.05) is 30.5 Å². The molecule has 204 valence electrons. The monoisotopic (exact) mass is 539 g/mol. The fourth-order valence-corrected chi connectivity index (χ4v) is 3.61. The average molecular weight is 539 g/mol. The molecule has 2 fully saturated rings. The number of aliphatic carboxylic acids is 2. The number of hydrogen-bond donors (Lipinski definition) is 2. The third-order valence-electron chi connectivity index (χ3n) is 5.15. The lowest BCUT2D eigenvalue weighted by Gasteiger charge is -2.38. The van der Waals surface area contributed by atoms with Gasteiger partial charge in [0.05, 0.1) is 18.5 Å². The van der Waals surface area contributed by atoms with Gasteiger partial charge in [-0.15, -0.1) is 0 Å². The maximum absolute atomic E-state index is 10.6. The fraction of sp³-hybridized carbons (Fsp3) is 0.455. The van der Waals surface area contributed by atoms with Crippen molar-refractivity contribution < 1.29 is 55.6 Å². The van der Waals surface area contributed by atoms with Gasteiger partial charge in [0.1, 0.15) is 18.0 Å². The van der Waals surface area contributed by atoms with Crippen molar-refractivity contribution in [1.82, 2.24) is 14.9 Å². The third kappa shape index (κ3) is 9.84. The zero-order valence-corrected chi connectivity index (χ0v) is 19.0. The molecule has 37 heavy (non-hydrogen) atoms. The van der Waals surface area contributed by atoms with Crippen molar-refractivity contribution in [1.29, 1.82) is 0 Å². The van der Waals surface area contributed by atoms with Gasteiger partial charge in [-0.05, 0) is 37.1 Å². The number of rotatable bonds is 4. The van der Waals surface area contributed by atoms with E-state index in [9.17, 15) is 26.3 Å². The number of halogens is 6. The number of alkyl halides is 6. The highest BCUT2D eigenvalue weighted by molar-refractivity contribution is 5.73. The van der Waals surface area contributed by atoms with E-state index in [0.717, 1.165) is 44.0 Å². The SMILES string of the molecule is O=C(O)C(F)(F)F.O=C(O)C(F)(F)F.c1ccc(CN2CCO[C@H]3[C@H](Oc4cccnc4)CC[C@@H]32)nc1. The van der Waals surface area contributed by atoms with E-state index in [1.54, 1.807) is 12.4 Å². The maximum Gasteiger partial charge on any atom is 0.490 e. The number of morpholine rings is 1. The Labute approximate surface area is 206 Å². The summed E-state index contributed by atoms with van der Waals surface area (Å²) in [6.07, 6.45) is -2.43. The van der Waals surface area contributed by atoms with Crippen molar-refractivity contribution in [2.24, 2.45) is 0 Å². The quantitative estimate of drug-likeness (QED) is 0.562. The van der Waals surface area contributed by atoms with Crippen LogP contribution in [-0.2, 0) is 20.9 Å². The van der Waals surface area contributed by atoms with Crippen LogP contribution in [0.4, 0.5) is 26.3 Å². The van der Waals surface area contributed by atoms with E-state index in [2.05, 4.69) is 20.9 Å². The van der Waals surface area contributed by atoms with Crippen molar-refractivity contribution in [3.05, 3.63) is 54.6 Å². The van der Waals surface area contributed by atoms with Crippen LogP contribution in [0.5, 0.6) is 5.75 Å². The van der Waals surface area contributed by atoms with Gasteiger partial charge < -0.3 is 19.7 Å². The molecule has 3 heterocycles. The first-order valence-corrected chi connectivity index (χ1v) is 10.7. The van der Waals surface area contributed by atoms with Gasteiger partial charge in [-0.2, -0.15) is 26.3 Å². The minimum absolute atomic E-state index is 0.107. The van der Waals surface area contributed by atoms with Gasteiger partial charge in [-0.25, -0.2) is 9.59 Å². The van der Waals surface area contributed by atoms with E-state index in [1.165, 1.54) is 0 Å². The summed E-state index contributed by atoms with van der Waals surface area (Å²) in [5.41, 5.74) is 1.12. The Morgan fingerprint density at radius 2 is 1.65 bits per heavy atom. The van der Waals surface area contributed by atoms with Crippen LogP contribution in [0.25, 0.3) is 0 Å². The van der Waals surface area contributed by atoms with E-state index in [4.69, 9.17) is 29.3 Å². The average Bonchev–Trinajstić information content (AvgIpc) is 3.24. The second kappa shape index (κ2) is 13.2. The van der Waals surface area contributed by atoms with Crippen LogP contribution in [0.1, 0.15) is 18.5 Å². The van der Waals surface area contributed by atoms with Crippen LogP contribution in [0, 0.1) is 0 Å². The Bertz CT molecular complexity index is 970. The molecule has 0 unspecified atom stereocenters. The Balaban J connectivity index is 0.000000286. The predicted octanol–water partition coefficient (Wildman–Crippen LogP) is 3.55. The molecule has 1 aliphatic carbocycles. The van der Waals surface area contributed by atoms with Gasteiger partial charge in [0.2, 0.25) is 0 Å². The van der Waals surface area contributed by atoms with Crippen molar-refractivity contribution in [3.8, 4) is 5.75 Å². The summed E-state index contributed by atoms with van der Waals surface area (Å²) in [4.78, 5) is 28.8. The first kappa shape index (κ1) is 29.8. The fourth-order valence-electron chi connectivity index (χ4n) is 3.61. The zero-order valence-electron chi connectivity index (χ0n) is 19.0. The number of carboxylic acids is 2. The largest absolute Gasteiger partial charge is 0.490 e. The highest BCUT2D eigenvalue weighted by Crippen LogP contribution is 2.33. The topological polar surface area (TPSA) is 122 Å². The number of ether oxygens (including phenoxy) is 2. The molecule has 1 saturated carbocycles. The predicted molar refractivity (Wildman–Crippen MR) is 113 cm³/mol. The number of fused-ring (bicyclic) bond motifs is 1. The molecule has 0 spiro atoms. The molecule has 1 aliphatic heterocycles. The molecule has 0 amide bonds. The summed E-state index contributed by atoms with van der Waals surface area (Å²) in [6, 6.07) is 10.4. The Hall–Kier alpha value is -3.46. The molecule has 2 aromatic rings. The van der Waals surface area contributed by atoms with E-state index in [0.29, 0.717) is 6.04 Å². The summed E-state index contributed by atoms with van der Waals surface area (Å²) in [5, 5.41) is 14.2. The van der Waals surface area contributed by atoms with Crippen molar-refractivity contribution >= 4 is 11.9 Å². The molecule has 0 radical (unpaired) electrons. The maximum atomic E-state index is 10.6. The molecule has 3 atom stereocenters. The van der Waals surface area contributed by atoms with Crippen LogP contribution >= 0.6 is 0 Å². The van der Waals surface area contributed by atoms with Crippen LogP contribution in [0.3, 0.4) is 0 Å². The van der Waals surface area contributed by atoms with Gasteiger partial charge in [-0.3, -0.25) is 14.9 Å². The molecule has 0 aromatic carbocycles. The van der Waals surface area contributed by atoms with Gasteiger partial charge in [0, 0.05) is 31.5 Å². The van der Waals surface area contributed by atoms with Crippen molar-refractivity contribution in [3.63, 3.8) is 0 Å². The Morgan fingerprint density at radius 3 is 2.16 bits per heavy atom. The molecule has 2 N–H and O–H groups in total. The van der Waals surface area contributed by atoms with Crippen LogP contribution in [-0.4, -0.2) is 80.8 Å². The normalized spacial score (nSPS) is 21.4. The lowest BCUT2D eigenvalue weighted by molar-refractivity contribution is -0.193. The van der Waals surface area contributed by atoms with Crippen molar-refractivity contribution in [2.75, 3.05) is 13.2 Å². The molecule has 4 rings (SSSR count). The minimum Gasteiger partial charge on any atom is -0.486 e. The lowest BCUT2D eigenvalue weighted by atomic mass is 10.1. The van der Waals surface area contributed by atoms with Crippen molar-refractivity contribution in [2.45, 2.75) is 50.0 Å². The number of aromatic nitrogens is 2. The van der Waals surface area contributed by atoms with Gasteiger partial charge in [0.15, 0.2) is 0 Å².